The van der Waals surface area contributed by atoms with E-state index in [1.54, 1.807) is 31.4 Å². The first-order valence-corrected chi connectivity index (χ1v) is 7.74. The van der Waals surface area contributed by atoms with Crippen LogP contribution < -0.4 is 4.74 Å². The Morgan fingerprint density at radius 3 is 2.59 bits per heavy atom. The predicted molar refractivity (Wildman–Crippen MR) is 92.4 cm³/mol. The van der Waals surface area contributed by atoms with Gasteiger partial charge in [0.25, 0.3) is 0 Å². The molecule has 2 nitrogen and oxygen atoms in total. The van der Waals surface area contributed by atoms with Crippen molar-refractivity contribution in [2.45, 2.75) is 5.88 Å². The van der Waals surface area contributed by atoms with Crippen LogP contribution in [0.15, 0.2) is 42.5 Å². The van der Waals surface area contributed by atoms with E-state index in [0.29, 0.717) is 21.5 Å². The molecule has 0 aromatic heterocycles. The average Bonchev–Trinajstić information content (AvgIpc) is 2.52. The number of benzene rings is 2. The smallest absolute Gasteiger partial charge is 0.187 e. The number of ether oxygens (including phenoxy) is 1. The Balaban J connectivity index is 2.22. The van der Waals surface area contributed by atoms with Gasteiger partial charge in [0.1, 0.15) is 5.75 Å². The first-order chi connectivity index (χ1) is 10.5. The summed E-state index contributed by atoms with van der Waals surface area (Å²) in [5.41, 5.74) is 2.13. The van der Waals surface area contributed by atoms with Crippen LogP contribution in [0.4, 0.5) is 0 Å². The normalized spacial score (nSPS) is 10.9. The van der Waals surface area contributed by atoms with Gasteiger partial charge in [0.2, 0.25) is 0 Å². The minimum absolute atomic E-state index is 0.190. The summed E-state index contributed by atoms with van der Waals surface area (Å²) in [6.07, 6.45) is 3.18. The van der Waals surface area contributed by atoms with Crippen molar-refractivity contribution in [1.29, 1.82) is 0 Å². The van der Waals surface area contributed by atoms with Crippen LogP contribution in [-0.2, 0) is 5.88 Å². The van der Waals surface area contributed by atoms with E-state index in [1.807, 2.05) is 18.2 Å². The van der Waals surface area contributed by atoms with Gasteiger partial charge in [-0.05, 0) is 42.0 Å². The number of allylic oxidation sites excluding steroid dienone is 1. The zero-order valence-electron chi connectivity index (χ0n) is 11.8. The summed E-state index contributed by atoms with van der Waals surface area (Å²) in [4.78, 5) is 12.2. The molecule has 0 heterocycles. The Hall–Kier alpha value is -1.48. The van der Waals surface area contributed by atoms with E-state index < -0.39 is 0 Å². The third-order valence-corrected chi connectivity index (χ3v) is 3.91. The molecular formula is C17H13Cl3O2. The van der Waals surface area contributed by atoms with Crippen molar-refractivity contribution in [3.8, 4) is 5.75 Å². The molecule has 0 aliphatic heterocycles. The molecule has 0 radical (unpaired) electrons. The van der Waals surface area contributed by atoms with Crippen molar-refractivity contribution in [1.82, 2.24) is 0 Å². The van der Waals surface area contributed by atoms with E-state index >= 15 is 0 Å². The summed E-state index contributed by atoms with van der Waals surface area (Å²) in [6.45, 7) is 0. The fourth-order valence-electron chi connectivity index (χ4n) is 1.96. The average molecular weight is 356 g/mol. The quantitative estimate of drug-likeness (QED) is 0.394. The standard InChI is InChI=1S/C17H13Cl3O2/c1-22-17-7-3-11(8-12(17)10-18)2-6-16(21)14-5-4-13(19)9-15(14)20/h2-9H,10H2,1H3/b6-2+. The molecule has 0 bridgehead atoms. The summed E-state index contributed by atoms with van der Waals surface area (Å²) < 4.78 is 5.21. The number of alkyl halides is 1. The molecule has 0 aliphatic carbocycles. The van der Waals surface area contributed by atoms with Gasteiger partial charge in [-0.25, -0.2) is 0 Å². The Bertz CT molecular complexity index is 724. The maximum absolute atomic E-state index is 12.2. The van der Waals surface area contributed by atoms with E-state index in [1.165, 1.54) is 6.08 Å². The van der Waals surface area contributed by atoms with Gasteiger partial charge in [-0.2, -0.15) is 0 Å². The van der Waals surface area contributed by atoms with Crippen LogP contribution in [-0.4, -0.2) is 12.9 Å². The summed E-state index contributed by atoms with van der Waals surface area (Å²) in [6, 6.07) is 10.3. The molecule has 0 unspecified atom stereocenters. The molecule has 0 spiro atoms. The molecule has 2 aromatic carbocycles. The molecule has 114 valence electrons. The molecule has 0 fully saturated rings. The van der Waals surface area contributed by atoms with Gasteiger partial charge < -0.3 is 4.74 Å². The lowest BCUT2D eigenvalue weighted by Crippen LogP contribution is -1.95. The fraction of sp³-hybridized carbons (Fsp3) is 0.118. The van der Waals surface area contributed by atoms with Crippen LogP contribution in [0, 0.1) is 0 Å². The molecule has 0 saturated heterocycles. The number of ketones is 1. The van der Waals surface area contributed by atoms with E-state index in [9.17, 15) is 4.79 Å². The van der Waals surface area contributed by atoms with Crippen molar-refractivity contribution in [3.63, 3.8) is 0 Å². The van der Waals surface area contributed by atoms with Crippen molar-refractivity contribution in [3.05, 3.63) is 69.2 Å². The maximum Gasteiger partial charge on any atom is 0.187 e. The Labute approximate surface area is 144 Å². The first kappa shape index (κ1) is 16.9. The van der Waals surface area contributed by atoms with Crippen LogP contribution >= 0.6 is 34.8 Å². The van der Waals surface area contributed by atoms with Crippen molar-refractivity contribution in [2.24, 2.45) is 0 Å². The summed E-state index contributed by atoms with van der Waals surface area (Å²) >= 11 is 17.7. The van der Waals surface area contributed by atoms with Gasteiger partial charge in [0.15, 0.2) is 5.78 Å². The highest BCUT2D eigenvalue weighted by Crippen LogP contribution is 2.24. The summed E-state index contributed by atoms with van der Waals surface area (Å²) in [7, 11) is 1.59. The Morgan fingerprint density at radius 2 is 1.95 bits per heavy atom. The van der Waals surface area contributed by atoms with Crippen LogP contribution in [0.1, 0.15) is 21.5 Å². The minimum atomic E-state index is -0.190. The molecule has 0 atom stereocenters. The van der Waals surface area contributed by atoms with Gasteiger partial charge in [-0.1, -0.05) is 35.3 Å². The van der Waals surface area contributed by atoms with Crippen LogP contribution in [0.3, 0.4) is 0 Å². The van der Waals surface area contributed by atoms with Crippen molar-refractivity contribution >= 4 is 46.7 Å². The number of carbonyl (C=O) groups excluding carboxylic acids is 1. The number of halogens is 3. The number of hydrogen-bond acceptors (Lipinski definition) is 2. The van der Waals surface area contributed by atoms with Crippen molar-refractivity contribution < 1.29 is 9.53 Å². The second kappa shape index (κ2) is 7.68. The lowest BCUT2D eigenvalue weighted by Gasteiger charge is -2.06. The van der Waals surface area contributed by atoms with E-state index in [0.717, 1.165) is 16.9 Å². The highest BCUT2D eigenvalue weighted by molar-refractivity contribution is 6.37. The van der Waals surface area contributed by atoms with E-state index in [2.05, 4.69) is 0 Å². The van der Waals surface area contributed by atoms with Gasteiger partial charge in [0.05, 0.1) is 18.0 Å². The van der Waals surface area contributed by atoms with Crippen LogP contribution in [0.2, 0.25) is 10.0 Å². The van der Waals surface area contributed by atoms with Crippen molar-refractivity contribution in [2.75, 3.05) is 7.11 Å². The topological polar surface area (TPSA) is 26.3 Å². The predicted octanol–water partition coefficient (Wildman–Crippen LogP) is 5.64. The van der Waals surface area contributed by atoms with Gasteiger partial charge >= 0.3 is 0 Å². The second-order valence-corrected chi connectivity index (χ2v) is 5.64. The molecular weight excluding hydrogens is 343 g/mol. The monoisotopic (exact) mass is 354 g/mol. The largest absolute Gasteiger partial charge is 0.496 e. The third kappa shape index (κ3) is 4.04. The zero-order chi connectivity index (χ0) is 16.1. The highest BCUT2D eigenvalue weighted by Gasteiger charge is 2.08. The molecule has 0 N–H and O–H groups in total. The van der Waals surface area contributed by atoms with Crippen LogP contribution in [0.25, 0.3) is 6.08 Å². The van der Waals surface area contributed by atoms with E-state index in [4.69, 9.17) is 39.5 Å². The van der Waals surface area contributed by atoms with Gasteiger partial charge in [-0.15, -0.1) is 11.6 Å². The molecule has 2 rings (SSSR count). The Morgan fingerprint density at radius 1 is 1.18 bits per heavy atom. The molecule has 22 heavy (non-hydrogen) atoms. The molecule has 0 aliphatic rings. The Kier molecular flexibility index (Phi) is 5.90. The zero-order valence-corrected chi connectivity index (χ0v) is 14.0. The number of rotatable bonds is 5. The maximum atomic E-state index is 12.2. The SMILES string of the molecule is COc1ccc(/C=C/C(=O)c2ccc(Cl)cc2Cl)cc1CCl. The lowest BCUT2D eigenvalue weighted by atomic mass is 10.1. The van der Waals surface area contributed by atoms with Gasteiger partial charge in [-0.3, -0.25) is 4.79 Å². The van der Waals surface area contributed by atoms with Crippen LogP contribution in [0.5, 0.6) is 5.75 Å². The minimum Gasteiger partial charge on any atom is -0.496 e. The second-order valence-electron chi connectivity index (χ2n) is 4.53. The number of hydrogen-bond donors (Lipinski definition) is 0. The molecule has 2 aromatic rings. The van der Waals surface area contributed by atoms with Gasteiger partial charge in [0, 0.05) is 16.1 Å². The summed E-state index contributed by atoms with van der Waals surface area (Å²) in [5, 5.41) is 0.825. The fourth-order valence-corrected chi connectivity index (χ4v) is 2.67. The lowest BCUT2D eigenvalue weighted by molar-refractivity contribution is 0.104. The molecule has 0 amide bonds. The molecule has 5 heteroatoms. The number of carbonyl (C=O) groups is 1. The summed E-state index contributed by atoms with van der Waals surface area (Å²) in [5.74, 6) is 0.867. The van der Waals surface area contributed by atoms with E-state index in [-0.39, 0.29) is 5.78 Å². The first-order valence-electron chi connectivity index (χ1n) is 6.45. The number of methoxy groups -OCH3 is 1. The molecule has 0 saturated carbocycles. The highest BCUT2D eigenvalue weighted by atomic mass is 35.5. The third-order valence-electron chi connectivity index (χ3n) is 3.07.